The minimum atomic E-state index is -0.474. The molecule has 31 heavy (non-hydrogen) atoms. The van der Waals surface area contributed by atoms with E-state index in [-0.39, 0.29) is 35.6 Å². The fraction of sp³-hybridized carbons (Fsp3) is 0.0952. The van der Waals surface area contributed by atoms with Crippen molar-refractivity contribution in [1.29, 1.82) is 0 Å². The highest BCUT2D eigenvalue weighted by Gasteiger charge is 2.17. The molecule has 0 fully saturated rings. The van der Waals surface area contributed by atoms with E-state index in [0.29, 0.717) is 16.3 Å². The number of carbonyl (C=O) groups is 1. The summed E-state index contributed by atoms with van der Waals surface area (Å²) in [6.07, 6.45) is 2.99. The van der Waals surface area contributed by atoms with Crippen molar-refractivity contribution in [1.82, 2.24) is 19.6 Å². The topological polar surface area (TPSA) is 74.0 Å². The quantitative estimate of drug-likeness (QED) is 0.428. The van der Waals surface area contributed by atoms with Gasteiger partial charge in [0.15, 0.2) is 12.5 Å². The van der Waals surface area contributed by atoms with Crippen molar-refractivity contribution < 1.29 is 13.9 Å². The first-order chi connectivity index (χ1) is 15.0. The average Bonchev–Trinajstić information content (AvgIpc) is 3.36. The summed E-state index contributed by atoms with van der Waals surface area (Å²) in [5, 5.41) is 11.7. The molecule has 0 spiro atoms. The Morgan fingerprint density at radius 1 is 1.06 bits per heavy atom. The van der Waals surface area contributed by atoms with Crippen molar-refractivity contribution in [2.75, 3.05) is 5.32 Å². The zero-order valence-electron chi connectivity index (χ0n) is 16.0. The van der Waals surface area contributed by atoms with Crippen LogP contribution in [-0.2, 0) is 13.3 Å². The monoisotopic (exact) mass is 459 g/mol. The molecule has 7 nitrogen and oxygen atoms in total. The second kappa shape index (κ2) is 9.20. The number of ether oxygens (including phenoxy) is 1. The van der Waals surface area contributed by atoms with Crippen LogP contribution in [0, 0.1) is 5.82 Å². The lowest BCUT2D eigenvalue weighted by molar-refractivity contribution is 0.100. The Labute approximate surface area is 187 Å². The van der Waals surface area contributed by atoms with E-state index in [4.69, 9.17) is 27.9 Å². The lowest BCUT2D eigenvalue weighted by Gasteiger charge is -2.10. The van der Waals surface area contributed by atoms with Crippen LogP contribution >= 0.6 is 23.2 Å². The Kier molecular flexibility index (Phi) is 6.20. The number of rotatable bonds is 7. The first-order valence-corrected chi connectivity index (χ1v) is 9.93. The maximum atomic E-state index is 13.9. The van der Waals surface area contributed by atoms with Crippen LogP contribution in [0.3, 0.4) is 0 Å². The molecule has 2 aromatic heterocycles. The van der Waals surface area contributed by atoms with Gasteiger partial charge in [0.05, 0.1) is 11.6 Å². The van der Waals surface area contributed by atoms with Gasteiger partial charge in [-0.3, -0.25) is 9.48 Å². The molecule has 0 aliphatic carbocycles. The smallest absolute Gasteiger partial charge is 0.275 e. The molecule has 4 aromatic rings. The van der Waals surface area contributed by atoms with Gasteiger partial charge in [0.1, 0.15) is 22.3 Å². The number of para-hydroxylation sites is 1. The van der Waals surface area contributed by atoms with Gasteiger partial charge in [0.25, 0.3) is 5.91 Å². The van der Waals surface area contributed by atoms with E-state index in [9.17, 15) is 9.18 Å². The van der Waals surface area contributed by atoms with Gasteiger partial charge in [-0.25, -0.2) is 9.07 Å². The molecule has 0 atom stereocenters. The van der Waals surface area contributed by atoms with E-state index in [1.807, 2.05) is 0 Å². The van der Waals surface area contributed by atoms with Crippen LogP contribution in [0.1, 0.15) is 16.1 Å². The van der Waals surface area contributed by atoms with Gasteiger partial charge >= 0.3 is 0 Å². The number of hydrogen-bond acceptors (Lipinski definition) is 4. The Hall–Kier alpha value is -3.36. The lowest BCUT2D eigenvalue weighted by atomic mass is 10.2. The van der Waals surface area contributed by atoms with Crippen LogP contribution in [0.2, 0.25) is 10.0 Å². The summed E-state index contributed by atoms with van der Waals surface area (Å²) >= 11 is 12.3. The number of anilines is 1. The summed E-state index contributed by atoms with van der Waals surface area (Å²) in [6.45, 7) is 0.154. The third-order valence-corrected chi connectivity index (χ3v) is 4.96. The van der Waals surface area contributed by atoms with Gasteiger partial charge in [0.2, 0.25) is 0 Å². The molecule has 0 unspecified atom stereocenters. The van der Waals surface area contributed by atoms with Gasteiger partial charge in [-0.15, -0.1) is 0 Å². The van der Waals surface area contributed by atoms with Crippen LogP contribution in [0.15, 0.2) is 67.0 Å². The Morgan fingerprint density at radius 2 is 1.84 bits per heavy atom. The molecule has 1 amide bonds. The number of benzene rings is 2. The largest absolute Gasteiger partial charge is 0.470 e. The van der Waals surface area contributed by atoms with Gasteiger partial charge in [0, 0.05) is 18.0 Å². The van der Waals surface area contributed by atoms with E-state index in [1.165, 1.54) is 33.9 Å². The van der Waals surface area contributed by atoms with Crippen LogP contribution in [0.4, 0.5) is 10.2 Å². The molecule has 158 valence electrons. The fourth-order valence-electron chi connectivity index (χ4n) is 2.86. The highest BCUT2D eigenvalue weighted by atomic mass is 35.5. The third-order valence-electron chi connectivity index (χ3n) is 4.37. The second-order valence-electron chi connectivity index (χ2n) is 6.49. The molecule has 10 heteroatoms. The Morgan fingerprint density at radius 3 is 2.65 bits per heavy atom. The van der Waals surface area contributed by atoms with Crippen LogP contribution < -0.4 is 10.1 Å². The minimum absolute atomic E-state index is 0.0189. The number of nitrogens with zero attached hydrogens (tertiary/aromatic N) is 4. The van der Waals surface area contributed by atoms with Crippen molar-refractivity contribution >= 4 is 34.9 Å². The molecule has 0 saturated carbocycles. The lowest BCUT2D eigenvalue weighted by Crippen LogP contribution is -2.20. The molecule has 2 aromatic carbocycles. The Balaban J connectivity index is 1.45. The van der Waals surface area contributed by atoms with Crippen LogP contribution in [0.25, 0.3) is 0 Å². The molecule has 0 radical (unpaired) electrons. The molecule has 0 saturated heterocycles. The highest BCUT2D eigenvalue weighted by molar-refractivity contribution is 6.33. The molecule has 0 aliphatic heterocycles. The molecule has 2 heterocycles. The van der Waals surface area contributed by atoms with E-state index < -0.39 is 5.91 Å². The first-order valence-electron chi connectivity index (χ1n) is 9.18. The second-order valence-corrected chi connectivity index (χ2v) is 7.30. The van der Waals surface area contributed by atoms with Crippen molar-refractivity contribution in [3.8, 4) is 5.75 Å². The zero-order valence-corrected chi connectivity index (χ0v) is 17.5. The van der Waals surface area contributed by atoms with Crippen molar-refractivity contribution in [2.45, 2.75) is 13.3 Å². The van der Waals surface area contributed by atoms with Crippen molar-refractivity contribution in [3.05, 3.63) is 94.1 Å². The maximum absolute atomic E-state index is 13.9. The summed E-state index contributed by atoms with van der Waals surface area (Å²) in [7, 11) is 0. The number of halogens is 3. The van der Waals surface area contributed by atoms with Crippen LogP contribution in [0.5, 0.6) is 5.75 Å². The minimum Gasteiger partial charge on any atom is -0.470 e. The number of amides is 1. The number of nitrogens with one attached hydrogen (secondary N) is 1. The summed E-state index contributed by atoms with van der Waals surface area (Å²) in [4.78, 5) is 12.7. The molecular formula is C21H16Cl2FN5O2. The predicted molar refractivity (Wildman–Crippen MR) is 115 cm³/mol. The molecule has 0 aliphatic rings. The molecule has 4 rings (SSSR count). The van der Waals surface area contributed by atoms with Crippen LogP contribution in [-0.4, -0.2) is 25.5 Å². The standard InChI is InChI=1S/C21H16Cl2FN5O2/c22-15-6-2-4-8-19(15)31-13-29-18(9-10-25-29)21(30)26-20-16(23)12-28(27-20)11-14-5-1-3-7-17(14)24/h1-10,12H,11,13H2,(H,26,27,30). The third kappa shape index (κ3) is 4.87. The zero-order chi connectivity index (χ0) is 21.8. The highest BCUT2D eigenvalue weighted by Crippen LogP contribution is 2.24. The van der Waals surface area contributed by atoms with Crippen molar-refractivity contribution in [2.24, 2.45) is 0 Å². The summed E-state index contributed by atoms with van der Waals surface area (Å²) < 4.78 is 22.3. The molecular weight excluding hydrogens is 444 g/mol. The van der Waals surface area contributed by atoms with Gasteiger partial charge in [-0.2, -0.15) is 10.2 Å². The van der Waals surface area contributed by atoms with E-state index in [2.05, 4.69) is 15.5 Å². The normalized spacial score (nSPS) is 10.8. The first kappa shape index (κ1) is 20.9. The summed E-state index contributed by atoms with van der Waals surface area (Å²) in [6, 6.07) is 14.9. The van der Waals surface area contributed by atoms with Gasteiger partial charge < -0.3 is 10.1 Å². The fourth-order valence-corrected chi connectivity index (χ4v) is 3.24. The number of aromatic nitrogens is 4. The number of hydrogen-bond donors (Lipinski definition) is 1. The summed E-state index contributed by atoms with van der Waals surface area (Å²) in [5.74, 6) is -0.191. The van der Waals surface area contributed by atoms with E-state index in [0.717, 1.165) is 0 Å². The maximum Gasteiger partial charge on any atom is 0.275 e. The average molecular weight is 460 g/mol. The van der Waals surface area contributed by atoms with E-state index in [1.54, 1.807) is 42.5 Å². The molecule has 0 bridgehead atoms. The SMILES string of the molecule is O=C(Nc1nn(Cc2ccccc2F)cc1Cl)c1ccnn1COc1ccccc1Cl. The number of carbonyl (C=O) groups excluding carboxylic acids is 1. The summed E-state index contributed by atoms with van der Waals surface area (Å²) in [5.41, 5.74) is 0.695. The predicted octanol–water partition coefficient (Wildman–Crippen LogP) is 4.86. The van der Waals surface area contributed by atoms with Crippen molar-refractivity contribution in [3.63, 3.8) is 0 Å². The van der Waals surface area contributed by atoms with Gasteiger partial charge in [-0.05, 0) is 24.3 Å². The van der Waals surface area contributed by atoms with E-state index >= 15 is 0 Å². The molecule has 1 N–H and O–H groups in total. The van der Waals surface area contributed by atoms with Gasteiger partial charge in [-0.1, -0.05) is 53.5 Å². The Bertz CT molecular complexity index is 1220.